The van der Waals surface area contributed by atoms with Gasteiger partial charge in [0.15, 0.2) is 0 Å². The van der Waals surface area contributed by atoms with Crippen LogP contribution in [0.25, 0.3) is 0 Å². The summed E-state index contributed by atoms with van der Waals surface area (Å²) in [6.07, 6.45) is 5.43. The Morgan fingerprint density at radius 3 is 2.82 bits per heavy atom. The van der Waals surface area contributed by atoms with Crippen molar-refractivity contribution in [2.75, 3.05) is 19.4 Å². The van der Waals surface area contributed by atoms with E-state index in [0.717, 1.165) is 16.0 Å². The Bertz CT molecular complexity index is 632. The maximum atomic E-state index is 12.8. The van der Waals surface area contributed by atoms with Crippen LogP contribution in [-0.2, 0) is 6.54 Å². The summed E-state index contributed by atoms with van der Waals surface area (Å²) in [6.45, 7) is 2.61. The second kappa shape index (κ2) is 7.96. The largest absolute Gasteiger partial charge is 0.395 e. The molecule has 22 heavy (non-hydrogen) atoms. The Morgan fingerprint density at radius 1 is 1.36 bits per heavy atom. The van der Waals surface area contributed by atoms with Gasteiger partial charge in [-0.2, -0.15) is 0 Å². The molecule has 0 aliphatic carbocycles. The van der Waals surface area contributed by atoms with Crippen molar-refractivity contribution >= 4 is 17.7 Å². The van der Waals surface area contributed by atoms with E-state index >= 15 is 0 Å². The average molecular weight is 316 g/mol. The van der Waals surface area contributed by atoms with Crippen LogP contribution in [0, 0.1) is 6.92 Å². The molecule has 0 unspecified atom stereocenters. The molecule has 0 fully saturated rings. The first-order valence-corrected chi connectivity index (χ1v) is 8.32. The minimum atomic E-state index is -0.0636. The summed E-state index contributed by atoms with van der Waals surface area (Å²) >= 11 is 1.61. The first kappa shape index (κ1) is 16.5. The van der Waals surface area contributed by atoms with E-state index in [-0.39, 0.29) is 12.5 Å². The summed E-state index contributed by atoms with van der Waals surface area (Å²) in [5, 5.41) is 9.27. The zero-order valence-electron chi connectivity index (χ0n) is 12.8. The highest BCUT2D eigenvalue weighted by Crippen LogP contribution is 2.21. The molecular formula is C17H20N2O2S. The number of thioether (sulfide) groups is 1. The van der Waals surface area contributed by atoms with Gasteiger partial charge in [0.2, 0.25) is 0 Å². The van der Waals surface area contributed by atoms with Crippen molar-refractivity contribution in [3.05, 3.63) is 59.4 Å². The Morgan fingerprint density at radius 2 is 2.18 bits per heavy atom. The molecule has 2 aromatic rings. The highest BCUT2D eigenvalue weighted by molar-refractivity contribution is 7.98. The zero-order valence-corrected chi connectivity index (χ0v) is 13.6. The Balaban J connectivity index is 2.26. The first-order chi connectivity index (χ1) is 10.7. The zero-order chi connectivity index (χ0) is 15.9. The van der Waals surface area contributed by atoms with Gasteiger partial charge in [0.25, 0.3) is 5.91 Å². The lowest BCUT2D eigenvalue weighted by molar-refractivity contribution is 0.0706. The van der Waals surface area contributed by atoms with Crippen molar-refractivity contribution in [3.8, 4) is 0 Å². The van der Waals surface area contributed by atoms with Crippen LogP contribution in [0.4, 0.5) is 0 Å². The molecule has 0 aliphatic rings. The molecule has 1 N–H and O–H groups in total. The smallest absolute Gasteiger partial charge is 0.254 e. The number of hydrogen-bond acceptors (Lipinski definition) is 4. The van der Waals surface area contributed by atoms with Gasteiger partial charge in [-0.15, -0.1) is 11.8 Å². The van der Waals surface area contributed by atoms with E-state index in [2.05, 4.69) is 4.98 Å². The number of nitrogens with zero attached hydrogens (tertiary/aromatic N) is 2. The third kappa shape index (κ3) is 4.08. The van der Waals surface area contributed by atoms with E-state index in [1.165, 1.54) is 0 Å². The summed E-state index contributed by atoms with van der Waals surface area (Å²) in [7, 11) is 0. The molecule has 0 radical (unpaired) electrons. The topological polar surface area (TPSA) is 53.4 Å². The Hall–Kier alpha value is -1.85. The third-order valence-corrected chi connectivity index (χ3v) is 4.15. The molecule has 1 amide bonds. The van der Waals surface area contributed by atoms with Crippen LogP contribution in [0.3, 0.4) is 0 Å². The molecule has 0 saturated carbocycles. The molecule has 1 aromatic carbocycles. The van der Waals surface area contributed by atoms with Crippen molar-refractivity contribution in [1.29, 1.82) is 0 Å². The number of hydrogen-bond donors (Lipinski definition) is 1. The number of aliphatic hydroxyl groups is 1. The first-order valence-electron chi connectivity index (χ1n) is 7.09. The Labute approximate surface area is 135 Å². The highest BCUT2D eigenvalue weighted by Gasteiger charge is 2.18. The maximum absolute atomic E-state index is 12.8. The predicted molar refractivity (Wildman–Crippen MR) is 89.0 cm³/mol. The number of carbonyl (C=O) groups excluding carboxylic acids is 1. The minimum absolute atomic E-state index is 0.0622. The normalized spacial score (nSPS) is 10.5. The van der Waals surface area contributed by atoms with Gasteiger partial charge in [0, 0.05) is 35.9 Å². The van der Waals surface area contributed by atoms with Crippen molar-refractivity contribution in [3.63, 3.8) is 0 Å². The van der Waals surface area contributed by atoms with Crippen molar-refractivity contribution in [2.45, 2.75) is 18.4 Å². The third-order valence-electron chi connectivity index (χ3n) is 3.43. The van der Waals surface area contributed by atoms with Crippen LogP contribution in [0.15, 0.2) is 47.6 Å². The monoisotopic (exact) mass is 316 g/mol. The highest BCUT2D eigenvalue weighted by atomic mass is 32.2. The fourth-order valence-corrected chi connectivity index (χ4v) is 2.65. The van der Waals surface area contributed by atoms with E-state index in [4.69, 9.17) is 0 Å². The molecule has 0 spiro atoms. The molecule has 116 valence electrons. The number of benzene rings is 1. The van der Waals surface area contributed by atoms with Crippen LogP contribution in [0.5, 0.6) is 0 Å². The van der Waals surface area contributed by atoms with Gasteiger partial charge in [-0.1, -0.05) is 12.1 Å². The molecule has 4 nitrogen and oxygen atoms in total. The van der Waals surface area contributed by atoms with Gasteiger partial charge in [-0.25, -0.2) is 0 Å². The molecule has 5 heteroatoms. The second-order valence-corrected chi connectivity index (χ2v) is 5.87. The molecule has 0 aliphatic heterocycles. The summed E-state index contributed by atoms with van der Waals surface area (Å²) in [4.78, 5) is 19.6. The minimum Gasteiger partial charge on any atom is -0.395 e. The van der Waals surface area contributed by atoms with Crippen LogP contribution in [0.2, 0.25) is 0 Å². The predicted octanol–water partition coefficient (Wildman–Crippen LogP) is 2.75. The number of amides is 1. The van der Waals surface area contributed by atoms with E-state index < -0.39 is 0 Å². The molecule has 0 bridgehead atoms. The molecule has 0 saturated heterocycles. The molecule has 1 aromatic heterocycles. The van der Waals surface area contributed by atoms with Crippen LogP contribution >= 0.6 is 11.8 Å². The number of rotatable bonds is 6. The number of aromatic nitrogens is 1. The fraction of sp³-hybridized carbons (Fsp3) is 0.294. The van der Waals surface area contributed by atoms with Crippen molar-refractivity contribution in [1.82, 2.24) is 9.88 Å². The van der Waals surface area contributed by atoms with E-state index in [0.29, 0.717) is 18.7 Å². The van der Waals surface area contributed by atoms with Gasteiger partial charge in [0.05, 0.1) is 6.61 Å². The summed E-state index contributed by atoms with van der Waals surface area (Å²) in [6, 6.07) is 9.65. The molecule has 2 rings (SSSR count). The van der Waals surface area contributed by atoms with Gasteiger partial charge >= 0.3 is 0 Å². The molecule has 0 atom stereocenters. The SMILES string of the molecule is CSc1ccc(C)c(C(=O)N(CCO)Cc2cccnc2)c1. The lowest BCUT2D eigenvalue weighted by atomic mass is 10.1. The van der Waals surface area contributed by atoms with E-state index in [1.54, 1.807) is 29.1 Å². The standard InChI is InChI=1S/C17H20N2O2S/c1-13-5-6-15(22-2)10-16(13)17(21)19(8-9-20)12-14-4-3-7-18-11-14/h3-7,10-11,20H,8-9,12H2,1-2H3. The van der Waals surface area contributed by atoms with Crippen molar-refractivity contribution < 1.29 is 9.90 Å². The summed E-state index contributed by atoms with van der Waals surface area (Å²) in [5.74, 6) is -0.0636. The lowest BCUT2D eigenvalue weighted by Crippen LogP contribution is -2.33. The Kier molecular flexibility index (Phi) is 5.98. The number of aryl methyl sites for hydroxylation is 1. The number of carbonyl (C=O) groups is 1. The van der Waals surface area contributed by atoms with Gasteiger partial charge in [0.1, 0.15) is 0 Å². The fourth-order valence-electron chi connectivity index (χ4n) is 2.21. The second-order valence-electron chi connectivity index (χ2n) is 4.99. The van der Waals surface area contributed by atoms with Gasteiger partial charge in [-0.3, -0.25) is 9.78 Å². The quantitative estimate of drug-likeness (QED) is 0.833. The maximum Gasteiger partial charge on any atom is 0.254 e. The summed E-state index contributed by atoms with van der Waals surface area (Å²) in [5.41, 5.74) is 2.57. The number of aliphatic hydroxyl groups excluding tert-OH is 1. The van der Waals surface area contributed by atoms with Crippen LogP contribution < -0.4 is 0 Å². The average Bonchev–Trinajstić information content (AvgIpc) is 2.55. The van der Waals surface area contributed by atoms with Crippen LogP contribution in [-0.4, -0.2) is 40.3 Å². The molecule has 1 heterocycles. The van der Waals surface area contributed by atoms with Crippen LogP contribution in [0.1, 0.15) is 21.5 Å². The lowest BCUT2D eigenvalue weighted by Gasteiger charge is -2.23. The number of pyridine rings is 1. The van der Waals surface area contributed by atoms with E-state index in [1.807, 2.05) is 43.5 Å². The van der Waals surface area contributed by atoms with E-state index in [9.17, 15) is 9.90 Å². The summed E-state index contributed by atoms with van der Waals surface area (Å²) < 4.78 is 0. The van der Waals surface area contributed by atoms with Gasteiger partial charge in [-0.05, 0) is 42.5 Å². The molecular weight excluding hydrogens is 296 g/mol. The van der Waals surface area contributed by atoms with Crippen molar-refractivity contribution in [2.24, 2.45) is 0 Å². The van der Waals surface area contributed by atoms with Gasteiger partial charge < -0.3 is 10.0 Å².